The first-order chi connectivity index (χ1) is 13.9. The molecule has 2 unspecified atom stereocenters. The number of ether oxygens (including phenoxy) is 3. The average Bonchev–Trinajstić information content (AvgIpc) is 3.20. The molecule has 3 rings (SSSR count). The summed E-state index contributed by atoms with van der Waals surface area (Å²) in [5, 5.41) is 10.6. The van der Waals surface area contributed by atoms with Crippen LogP contribution in [-0.4, -0.2) is 49.9 Å². The summed E-state index contributed by atoms with van der Waals surface area (Å²) < 4.78 is 16.6. The van der Waals surface area contributed by atoms with Gasteiger partial charge in [0.1, 0.15) is 6.04 Å². The Bertz CT molecular complexity index is 905. The molecule has 2 aromatic carbocycles. The Morgan fingerprint density at radius 2 is 1.79 bits per heavy atom. The van der Waals surface area contributed by atoms with Gasteiger partial charge in [-0.2, -0.15) is 0 Å². The summed E-state index contributed by atoms with van der Waals surface area (Å²) in [6, 6.07) is 7.84. The first-order valence-corrected chi connectivity index (χ1v) is 9.91. The number of benzene rings is 2. The van der Waals surface area contributed by atoms with Crippen molar-refractivity contribution >= 4 is 29.2 Å². The Labute approximate surface area is 179 Å². The van der Waals surface area contributed by atoms with Crippen LogP contribution in [-0.2, 0) is 4.79 Å². The number of nitrogens with zero attached hydrogens (tertiary/aromatic N) is 1. The second-order valence-electron chi connectivity index (χ2n) is 6.70. The molecule has 0 spiro atoms. The van der Waals surface area contributed by atoms with Gasteiger partial charge in [-0.05, 0) is 36.6 Å². The lowest BCUT2D eigenvalue weighted by Crippen LogP contribution is -2.39. The normalized spacial score (nSPS) is 17.8. The number of carbonyl (C=O) groups is 1. The summed E-state index contributed by atoms with van der Waals surface area (Å²) in [7, 11) is 4.61. The third kappa shape index (κ3) is 3.97. The summed E-state index contributed by atoms with van der Waals surface area (Å²) in [4.78, 5) is 13.9. The van der Waals surface area contributed by atoms with Crippen LogP contribution in [0.5, 0.6) is 17.2 Å². The number of hydrogen-bond acceptors (Lipinski definition) is 5. The minimum Gasteiger partial charge on any atom is -0.493 e. The Hall–Kier alpha value is -2.15. The molecular formula is C21H23Cl2NO5. The lowest BCUT2D eigenvalue weighted by molar-refractivity contribution is -0.142. The van der Waals surface area contributed by atoms with Crippen LogP contribution in [0.15, 0.2) is 30.3 Å². The van der Waals surface area contributed by atoms with Gasteiger partial charge in [0.25, 0.3) is 0 Å². The number of carboxylic acids is 1. The number of rotatable bonds is 7. The second kappa shape index (κ2) is 9.11. The van der Waals surface area contributed by atoms with Crippen LogP contribution in [0, 0.1) is 0 Å². The van der Waals surface area contributed by atoms with Crippen molar-refractivity contribution in [3.8, 4) is 17.2 Å². The number of hydrogen-bond donors (Lipinski definition) is 1. The fraction of sp³-hybridized carbons (Fsp3) is 0.381. The van der Waals surface area contributed by atoms with Crippen LogP contribution in [0.1, 0.15) is 30.0 Å². The number of aliphatic carboxylic acids is 1. The van der Waals surface area contributed by atoms with E-state index >= 15 is 0 Å². The predicted octanol–water partition coefficient (Wildman–Crippen LogP) is 4.66. The molecule has 0 aliphatic carbocycles. The Morgan fingerprint density at radius 3 is 2.41 bits per heavy atom. The molecule has 2 atom stereocenters. The van der Waals surface area contributed by atoms with Crippen LogP contribution < -0.4 is 14.2 Å². The van der Waals surface area contributed by atoms with Crippen molar-refractivity contribution in [1.82, 2.24) is 4.90 Å². The molecule has 1 aliphatic rings. The van der Waals surface area contributed by atoms with Gasteiger partial charge in [0.2, 0.25) is 5.75 Å². The van der Waals surface area contributed by atoms with Crippen molar-refractivity contribution in [3.05, 3.63) is 51.5 Å². The van der Waals surface area contributed by atoms with Gasteiger partial charge in [-0.3, -0.25) is 9.69 Å². The van der Waals surface area contributed by atoms with E-state index < -0.39 is 18.1 Å². The number of methoxy groups -OCH3 is 3. The van der Waals surface area contributed by atoms with Gasteiger partial charge in [0.15, 0.2) is 11.5 Å². The van der Waals surface area contributed by atoms with Crippen molar-refractivity contribution in [1.29, 1.82) is 0 Å². The van der Waals surface area contributed by atoms with Crippen LogP contribution in [0.3, 0.4) is 0 Å². The first-order valence-electron chi connectivity index (χ1n) is 9.15. The van der Waals surface area contributed by atoms with Gasteiger partial charge in [0, 0.05) is 12.1 Å². The minimum atomic E-state index is -0.870. The molecule has 1 N–H and O–H groups in total. The SMILES string of the molecule is COc1ccc(C(c2cccc(Cl)c2Cl)N2CCCC2C(=O)O)c(OC)c1OC. The molecule has 8 heteroatoms. The van der Waals surface area contributed by atoms with Gasteiger partial charge >= 0.3 is 5.97 Å². The molecule has 0 bridgehead atoms. The third-order valence-corrected chi connectivity index (χ3v) is 6.05. The summed E-state index contributed by atoms with van der Waals surface area (Å²) in [6.45, 7) is 0.599. The standard InChI is InChI=1S/C21H23Cl2NO5/c1-27-16-10-9-13(19(28-2)20(16)29-3)18(12-6-4-7-14(22)17(12)23)24-11-5-8-15(24)21(25)26/h4,6-7,9-10,15,18H,5,8,11H2,1-3H3,(H,25,26). The molecule has 0 aromatic heterocycles. The van der Waals surface area contributed by atoms with Gasteiger partial charge in [-0.25, -0.2) is 0 Å². The highest BCUT2D eigenvalue weighted by atomic mass is 35.5. The van der Waals surface area contributed by atoms with E-state index in [1.54, 1.807) is 25.3 Å². The molecule has 29 heavy (non-hydrogen) atoms. The Kier molecular flexibility index (Phi) is 6.77. The van der Waals surface area contributed by atoms with Crippen molar-refractivity contribution in [2.24, 2.45) is 0 Å². The molecule has 0 radical (unpaired) electrons. The molecule has 1 aliphatic heterocycles. The zero-order chi connectivity index (χ0) is 21.1. The molecular weight excluding hydrogens is 417 g/mol. The predicted molar refractivity (Wildman–Crippen MR) is 112 cm³/mol. The van der Waals surface area contributed by atoms with E-state index in [0.29, 0.717) is 45.8 Å². The van der Waals surface area contributed by atoms with Crippen LogP contribution >= 0.6 is 23.2 Å². The van der Waals surface area contributed by atoms with E-state index in [-0.39, 0.29) is 0 Å². The van der Waals surface area contributed by atoms with Gasteiger partial charge in [-0.1, -0.05) is 35.3 Å². The maximum atomic E-state index is 11.9. The summed E-state index contributed by atoms with van der Waals surface area (Å²) in [6.07, 6.45) is 1.32. The minimum absolute atomic E-state index is 0.382. The van der Waals surface area contributed by atoms with Crippen molar-refractivity contribution in [2.45, 2.75) is 24.9 Å². The summed E-state index contributed by atoms with van der Waals surface area (Å²) in [5.41, 5.74) is 1.43. The summed E-state index contributed by atoms with van der Waals surface area (Å²) >= 11 is 12.9. The Balaban J connectivity index is 2.27. The molecule has 2 aromatic rings. The quantitative estimate of drug-likeness (QED) is 0.676. The van der Waals surface area contributed by atoms with Crippen molar-refractivity contribution in [3.63, 3.8) is 0 Å². The highest BCUT2D eigenvalue weighted by Crippen LogP contribution is 2.48. The van der Waals surface area contributed by atoms with E-state index in [9.17, 15) is 9.90 Å². The first kappa shape index (κ1) is 21.6. The highest BCUT2D eigenvalue weighted by Gasteiger charge is 2.39. The van der Waals surface area contributed by atoms with E-state index in [0.717, 1.165) is 12.0 Å². The zero-order valence-corrected chi connectivity index (χ0v) is 18.0. The molecule has 6 nitrogen and oxygen atoms in total. The second-order valence-corrected chi connectivity index (χ2v) is 7.49. The smallest absolute Gasteiger partial charge is 0.320 e. The summed E-state index contributed by atoms with van der Waals surface area (Å²) in [5.74, 6) is 0.538. The molecule has 1 saturated heterocycles. The number of halogens is 2. The average molecular weight is 440 g/mol. The fourth-order valence-electron chi connectivity index (χ4n) is 3.96. The van der Waals surface area contributed by atoms with Crippen molar-refractivity contribution in [2.75, 3.05) is 27.9 Å². The molecule has 0 saturated carbocycles. The largest absolute Gasteiger partial charge is 0.493 e. The number of likely N-dealkylation sites (tertiary alicyclic amines) is 1. The van der Waals surface area contributed by atoms with Crippen LogP contribution in [0.25, 0.3) is 0 Å². The lowest BCUT2D eigenvalue weighted by atomic mass is 9.94. The molecule has 0 amide bonds. The van der Waals surface area contributed by atoms with E-state index in [2.05, 4.69) is 0 Å². The van der Waals surface area contributed by atoms with Crippen LogP contribution in [0.2, 0.25) is 10.0 Å². The van der Waals surface area contributed by atoms with Gasteiger partial charge < -0.3 is 19.3 Å². The topological polar surface area (TPSA) is 68.2 Å². The van der Waals surface area contributed by atoms with E-state index in [1.807, 2.05) is 17.0 Å². The maximum absolute atomic E-state index is 11.9. The molecule has 1 heterocycles. The highest BCUT2D eigenvalue weighted by molar-refractivity contribution is 6.42. The fourth-order valence-corrected chi connectivity index (χ4v) is 4.37. The molecule has 156 valence electrons. The monoisotopic (exact) mass is 439 g/mol. The maximum Gasteiger partial charge on any atom is 0.320 e. The third-order valence-electron chi connectivity index (χ3n) is 5.22. The van der Waals surface area contributed by atoms with Crippen LogP contribution in [0.4, 0.5) is 0 Å². The van der Waals surface area contributed by atoms with E-state index in [1.165, 1.54) is 14.2 Å². The van der Waals surface area contributed by atoms with E-state index in [4.69, 9.17) is 37.4 Å². The number of carboxylic acid groups (broad SMARTS) is 1. The van der Waals surface area contributed by atoms with Crippen molar-refractivity contribution < 1.29 is 24.1 Å². The lowest BCUT2D eigenvalue weighted by Gasteiger charge is -2.34. The van der Waals surface area contributed by atoms with Gasteiger partial charge in [-0.15, -0.1) is 0 Å². The zero-order valence-electron chi connectivity index (χ0n) is 16.4. The molecule has 1 fully saturated rings. The Morgan fingerprint density at radius 1 is 1.07 bits per heavy atom. The van der Waals surface area contributed by atoms with Gasteiger partial charge in [0.05, 0.1) is 37.4 Å².